The van der Waals surface area contributed by atoms with Crippen LogP contribution >= 0.6 is 0 Å². The van der Waals surface area contributed by atoms with Gasteiger partial charge in [0.25, 0.3) is 0 Å². The van der Waals surface area contributed by atoms with E-state index in [1.54, 1.807) is 7.11 Å². The third-order valence-corrected chi connectivity index (χ3v) is 2.81. The molecule has 2 nitrogen and oxygen atoms in total. The smallest absolute Gasteiger partial charge is 0.185 e. The van der Waals surface area contributed by atoms with Crippen molar-refractivity contribution in [2.24, 2.45) is 0 Å². The highest BCUT2D eigenvalue weighted by molar-refractivity contribution is 6.05. The standard InChI is InChI=1S/C15H20O2/c1-7-13(16)11-9-12(15(3,4)5)14(17-6)8-10(11)2/h7-9H,1H2,2-6H3. The van der Waals surface area contributed by atoms with Crippen molar-refractivity contribution in [2.75, 3.05) is 7.11 Å². The predicted octanol–water partition coefficient (Wildman–Crippen LogP) is 3.67. The fourth-order valence-electron chi connectivity index (χ4n) is 1.81. The SMILES string of the molecule is C=CC(=O)c1cc(C(C)(C)C)c(OC)cc1C. The number of carbonyl (C=O) groups excluding carboxylic acids is 1. The van der Waals surface area contributed by atoms with Gasteiger partial charge in [-0.15, -0.1) is 0 Å². The lowest BCUT2D eigenvalue weighted by Gasteiger charge is -2.23. The van der Waals surface area contributed by atoms with Gasteiger partial charge in [0.05, 0.1) is 7.11 Å². The van der Waals surface area contributed by atoms with E-state index in [1.807, 2.05) is 19.1 Å². The number of hydrogen-bond acceptors (Lipinski definition) is 2. The third kappa shape index (κ3) is 2.76. The van der Waals surface area contributed by atoms with Gasteiger partial charge >= 0.3 is 0 Å². The molecule has 1 aromatic rings. The molecule has 0 aliphatic rings. The van der Waals surface area contributed by atoms with Crippen molar-refractivity contribution >= 4 is 5.78 Å². The van der Waals surface area contributed by atoms with Gasteiger partial charge in [-0.05, 0) is 36.1 Å². The van der Waals surface area contributed by atoms with Crippen LogP contribution in [0.25, 0.3) is 0 Å². The molecule has 0 amide bonds. The van der Waals surface area contributed by atoms with Crippen molar-refractivity contribution in [3.8, 4) is 5.75 Å². The summed E-state index contributed by atoms with van der Waals surface area (Å²) in [7, 11) is 1.65. The Morgan fingerprint density at radius 2 is 1.94 bits per heavy atom. The van der Waals surface area contributed by atoms with E-state index in [0.29, 0.717) is 5.56 Å². The molecule has 0 aromatic heterocycles. The fourth-order valence-corrected chi connectivity index (χ4v) is 1.81. The normalized spacial score (nSPS) is 11.1. The Labute approximate surface area is 103 Å². The summed E-state index contributed by atoms with van der Waals surface area (Å²) in [5.41, 5.74) is 2.59. The summed E-state index contributed by atoms with van der Waals surface area (Å²) < 4.78 is 5.38. The second kappa shape index (κ2) is 4.74. The van der Waals surface area contributed by atoms with Gasteiger partial charge in [0, 0.05) is 11.1 Å². The van der Waals surface area contributed by atoms with Crippen molar-refractivity contribution < 1.29 is 9.53 Å². The zero-order chi connectivity index (χ0) is 13.2. The van der Waals surface area contributed by atoms with Crippen LogP contribution in [0.5, 0.6) is 5.75 Å². The van der Waals surface area contributed by atoms with Crippen LogP contribution in [0, 0.1) is 6.92 Å². The van der Waals surface area contributed by atoms with Crippen molar-refractivity contribution in [3.05, 3.63) is 41.5 Å². The number of benzene rings is 1. The van der Waals surface area contributed by atoms with E-state index in [2.05, 4.69) is 27.4 Å². The van der Waals surface area contributed by atoms with E-state index in [-0.39, 0.29) is 11.2 Å². The second-order valence-electron chi connectivity index (χ2n) is 5.19. The van der Waals surface area contributed by atoms with Crippen molar-refractivity contribution in [1.82, 2.24) is 0 Å². The molecule has 0 fully saturated rings. The molecule has 1 aromatic carbocycles. The Bertz CT molecular complexity index is 451. The summed E-state index contributed by atoms with van der Waals surface area (Å²) in [6, 6.07) is 3.83. The number of aryl methyl sites for hydroxylation is 1. The molecule has 17 heavy (non-hydrogen) atoms. The molecular weight excluding hydrogens is 212 g/mol. The molecule has 0 unspecified atom stereocenters. The summed E-state index contributed by atoms with van der Waals surface area (Å²) in [5.74, 6) is 0.784. The van der Waals surface area contributed by atoms with Gasteiger partial charge in [-0.1, -0.05) is 27.4 Å². The number of carbonyl (C=O) groups is 1. The van der Waals surface area contributed by atoms with E-state index >= 15 is 0 Å². The summed E-state index contributed by atoms with van der Waals surface area (Å²) in [5, 5.41) is 0. The van der Waals surface area contributed by atoms with Gasteiger partial charge in [0.15, 0.2) is 5.78 Å². The Hall–Kier alpha value is -1.57. The Morgan fingerprint density at radius 1 is 1.35 bits per heavy atom. The van der Waals surface area contributed by atoms with Crippen LogP contribution in [-0.2, 0) is 5.41 Å². The van der Waals surface area contributed by atoms with E-state index in [4.69, 9.17) is 4.74 Å². The van der Waals surface area contributed by atoms with Crippen LogP contribution in [0.4, 0.5) is 0 Å². The quantitative estimate of drug-likeness (QED) is 0.587. The molecule has 1 rings (SSSR count). The molecule has 2 heteroatoms. The number of ketones is 1. The highest BCUT2D eigenvalue weighted by atomic mass is 16.5. The van der Waals surface area contributed by atoms with E-state index in [1.165, 1.54) is 6.08 Å². The van der Waals surface area contributed by atoms with Crippen molar-refractivity contribution in [3.63, 3.8) is 0 Å². The third-order valence-electron chi connectivity index (χ3n) is 2.81. The monoisotopic (exact) mass is 232 g/mol. The second-order valence-corrected chi connectivity index (χ2v) is 5.19. The number of rotatable bonds is 3. The molecule has 0 aliphatic heterocycles. The van der Waals surface area contributed by atoms with Crippen molar-refractivity contribution in [2.45, 2.75) is 33.1 Å². The molecular formula is C15H20O2. The average Bonchev–Trinajstić information content (AvgIpc) is 2.25. The molecule has 92 valence electrons. The molecule has 0 atom stereocenters. The number of ether oxygens (including phenoxy) is 1. The van der Waals surface area contributed by atoms with Crippen molar-refractivity contribution in [1.29, 1.82) is 0 Å². The largest absolute Gasteiger partial charge is 0.496 e. The topological polar surface area (TPSA) is 26.3 Å². The van der Waals surface area contributed by atoms with Gasteiger partial charge in [-0.25, -0.2) is 0 Å². The first-order valence-corrected chi connectivity index (χ1v) is 5.67. The average molecular weight is 232 g/mol. The Kier molecular flexibility index (Phi) is 3.76. The van der Waals surface area contributed by atoms with Gasteiger partial charge in [-0.3, -0.25) is 4.79 Å². The zero-order valence-electron chi connectivity index (χ0n) is 11.3. The van der Waals surface area contributed by atoms with Crippen LogP contribution in [0.3, 0.4) is 0 Å². The molecule has 0 saturated heterocycles. The number of hydrogen-bond donors (Lipinski definition) is 0. The van der Waals surface area contributed by atoms with Crippen LogP contribution in [0.2, 0.25) is 0 Å². The van der Waals surface area contributed by atoms with E-state index in [9.17, 15) is 4.79 Å². The minimum Gasteiger partial charge on any atom is -0.496 e. The van der Waals surface area contributed by atoms with Crippen LogP contribution < -0.4 is 4.74 Å². The predicted molar refractivity (Wildman–Crippen MR) is 71.0 cm³/mol. The molecule has 0 bridgehead atoms. The highest BCUT2D eigenvalue weighted by Crippen LogP contribution is 2.33. The lowest BCUT2D eigenvalue weighted by Crippen LogP contribution is -2.14. The first kappa shape index (κ1) is 13.5. The summed E-state index contributed by atoms with van der Waals surface area (Å²) in [6.07, 6.45) is 1.35. The first-order chi connectivity index (χ1) is 7.81. The maximum atomic E-state index is 11.8. The highest BCUT2D eigenvalue weighted by Gasteiger charge is 2.21. The lowest BCUT2D eigenvalue weighted by atomic mass is 9.84. The van der Waals surface area contributed by atoms with Gasteiger partial charge in [0.1, 0.15) is 5.75 Å². The van der Waals surface area contributed by atoms with Gasteiger partial charge in [-0.2, -0.15) is 0 Å². The molecule has 0 radical (unpaired) electrons. The number of methoxy groups -OCH3 is 1. The molecule has 0 heterocycles. The first-order valence-electron chi connectivity index (χ1n) is 5.67. The lowest BCUT2D eigenvalue weighted by molar-refractivity contribution is 0.104. The van der Waals surface area contributed by atoms with Gasteiger partial charge < -0.3 is 4.74 Å². The molecule has 0 N–H and O–H groups in total. The van der Waals surface area contributed by atoms with E-state index in [0.717, 1.165) is 16.9 Å². The molecule has 0 spiro atoms. The summed E-state index contributed by atoms with van der Waals surface area (Å²) in [4.78, 5) is 11.8. The minimum absolute atomic E-state index is 0.0457. The number of allylic oxidation sites excluding steroid dienone is 1. The van der Waals surface area contributed by atoms with Gasteiger partial charge in [0.2, 0.25) is 0 Å². The Balaban J connectivity index is 3.48. The Morgan fingerprint density at radius 3 is 2.35 bits per heavy atom. The summed E-state index contributed by atoms with van der Waals surface area (Å²) >= 11 is 0. The molecule has 0 aliphatic carbocycles. The minimum atomic E-state index is -0.0603. The van der Waals surface area contributed by atoms with Crippen LogP contribution in [-0.4, -0.2) is 12.9 Å². The maximum Gasteiger partial charge on any atom is 0.185 e. The van der Waals surface area contributed by atoms with E-state index < -0.39 is 0 Å². The van der Waals surface area contributed by atoms with Crippen LogP contribution in [0.15, 0.2) is 24.8 Å². The van der Waals surface area contributed by atoms with Crippen LogP contribution in [0.1, 0.15) is 42.3 Å². The maximum absolute atomic E-state index is 11.8. The summed E-state index contributed by atoms with van der Waals surface area (Å²) in [6.45, 7) is 11.7. The molecule has 0 saturated carbocycles. The zero-order valence-corrected chi connectivity index (χ0v) is 11.3. The fraction of sp³-hybridized carbons (Fsp3) is 0.400.